The molecule has 0 bridgehead atoms. The Labute approximate surface area is 135 Å². The number of amides is 1. The summed E-state index contributed by atoms with van der Waals surface area (Å²) in [4.78, 5) is 12.1. The molecule has 21 heavy (non-hydrogen) atoms. The highest BCUT2D eigenvalue weighted by atomic mass is 35.5. The zero-order valence-corrected chi connectivity index (χ0v) is 13.9. The Hall–Kier alpha value is -1.15. The highest BCUT2D eigenvalue weighted by Gasteiger charge is 2.11. The van der Waals surface area contributed by atoms with Crippen LogP contribution in [0, 0.1) is 11.8 Å². The van der Waals surface area contributed by atoms with Crippen molar-refractivity contribution in [3.05, 3.63) is 34.3 Å². The fourth-order valence-corrected chi connectivity index (χ4v) is 2.46. The highest BCUT2D eigenvalue weighted by Crippen LogP contribution is 2.17. The molecule has 0 aliphatic rings. The number of carbonyl (C=O) groups is 1. The van der Waals surface area contributed by atoms with Gasteiger partial charge in [0.05, 0.1) is 11.6 Å². The van der Waals surface area contributed by atoms with Gasteiger partial charge in [0.2, 0.25) is 0 Å². The van der Waals surface area contributed by atoms with Crippen molar-refractivity contribution in [1.82, 2.24) is 5.32 Å². The minimum atomic E-state index is -0.125. The Balaban J connectivity index is 2.70. The second-order valence-corrected chi connectivity index (χ2v) is 6.02. The topological polar surface area (TPSA) is 49.3 Å². The first-order valence-corrected chi connectivity index (χ1v) is 8.54. The van der Waals surface area contributed by atoms with E-state index < -0.39 is 0 Å². The molecule has 3 nitrogen and oxygen atoms in total. The monoisotopic (exact) mass is 325 g/mol. The standard InChI is InChI=1S/C16H20ClNO2S/c1-12(8-10-21-2)18-16(20)14-7-6-13(15(17)11-14)5-3-4-9-19/h6-7,11-12,19H,4,8-10H2,1-2H3,(H,18,20). The summed E-state index contributed by atoms with van der Waals surface area (Å²) in [5, 5.41) is 12.1. The number of nitrogens with one attached hydrogen (secondary N) is 1. The molecule has 114 valence electrons. The largest absolute Gasteiger partial charge is 0.395 e. The minimum absolute atomic E-state index is 0.0268. The summed E-state index contributed by atoms with van der Waals surface area (Å²) < 4.78 is 0. The van der Waals surface area contributed by atoms with Crippen LogP contribution < -0.4 is 5.32 Å². The molecule has 5 heteroatoms. The van der Waals surface area contributed by atoms with Crippen LogP contribution in [-0.4, -0.2) is 35.7 Å². The number of rotatable bonds is 6. The molecule has 1 aromatic rings. The van der Waals surface area contributed by atoms with Crippen molar-refractivity contribution in [2.75, 3.05) is 18.6 Å². The molecule has 0 saturated heterocycles. The summed E-state index contributed by atoms with van der Waals surface area (Å²) in [7, 11) is 0. The third-order valence-electron chi connectivity index (χ3n) is 2.82. The summed E-state index contributed by atoms with van der Waals surface area (Å²) >= 11 is 7.89. The molecule has 0 aromatic heterocycles. The Morgan fingerprint density at radius 1 is 1.52 bits per heavy atom. The first-order chi connectivity index (χ1) is 10.1. The number of hydrogen-bond acceptors (Lipinski definition) is 3. The first-order valence-electron chi connectivity index (χ1n) is 6.77. The van der Waals surface area contributed by atoms with Gasteiger partial charge >= 0.3 is 0 Å². The predicted molar refractivity (Wildman–Crippen MR) is 90.0 cm³/mol. The van der Waals surface area contributed by atoms with Gasteiger partial charge in [0.1, 0.15) is 0 Å². The lowest BCUT2D eigenvalue weighted by Crippen LogP contribution is -2.32. The smallest absolute Gasteiger partial charge is 0.251 e. The Morgan fingerprint density at radius 2 is 2.29 bits per heavy atom. The third kappa shape index (κ3) is 6.43. The maximum absolute atomic E-state index is 12.1. The molecule has 0 fully saturated rings. The molecule has 0 saturated carbocycles. The van der Waals surface area contributed by atoms with Gasteiger partial charge in [-0.05, 0) is 43.6 Å². The van der Waals surface area contributed by atoms with Crippen molar-refractivity contribution in [3.8, 4) is 11.8 Å². The number of aliphatic hydroxyl groups is 1. The van der Waals surface area contributed by atoms with E-state index in [1.165, 1.54) is 0 Å². The second-order valence-electron chi connectivity index (χ2n) is 4.63. The number of benzene rings is 1. The molecule has 1 rings (SSSR count). The lowest BCUT2D eigenvalue weighted by atomic mass is 10.1. The number of aliphatic hydroxyl groups excluding tert-OH is 1. The minimum Gasteiger partial charge on any atom is -0.395 e. The number of halogens is 1. The molecule has 1 atom stereocenters. The van der Waals surface area contributed by atoms with Crippen molar-refractivity contribution in [2.24, 2.45) is 0 Å². The molecule has 1 unspecified atom stereocenters. The van der Waals surface area contributed by atoms with E-state index in [4.69, 9.17) is 16.7 Å². The molecule has 0 aliphatic carbocycles. The van der Waals surface area contributed by atoms with Crippen molar-refractivity contribution >= 4 is 29.3 Å². The SMILES string of the molecule is CSCCC(C)NC(=O)c1ccc(C#CCCO)c(Cl)c1. The van der Waals surface area contributed by atoms with Crippen molar-refractivity contribution in [2.45, 2.75) is 25.8 Å². The number of carbonyl (C=O) groups excluding carboxylic acids is 1. The second kappa shape index (κ2) is 9.73. The molecule has 0 aliphatic heterocycles. The lowest BCUT2D eigenvalue weighted by Gasteiger charge is -2.13. The molecule has 1 aromatic carbocycles. The molecule has 1 amide bonds. The van der Waals surface area contributed by atoms with Gasteiger partial charge < -0.3 is 10.4 Å². The summed E-state index contributed by atoms with van der Waals surface area (Å²) in [6, 6.07) is 5.20. The summed E-state index contributed by atoms with van der Waals surface area (Å²) in [5.41, 5.74) is 1.20. The zero-order chi connectivity index (χ0) is 15.7. The third-order valence-corrected chi connectivity index (χ3v) is 3.78. The van der Waals surface area contributed by atoms with E-state index in [0.717, 1.165) is 12.2 Å². The van der Waals surface area contributed by atoms with Crippen LogP contribution in [0.4, 0.5) is 0 Å². The van der Waals surface area contributed by atoms with Gasteiger partial charge in [0.15, 0.2) is 0 Å². The van der Waals surface area contributed by atoms with E-state index in [0.29, 0.717) is 22.6 Å². The fraction of sp³-hybridized carbons (Fsp3) is 0.438. The van der Waals surface area contributed by atoms with Gasteiger partial charge in [0, 0.05) is 23.6 Å². The van der Waals surface area contributed by atoms with Crippen molar-refractivity contribution in [1.29, 1.82) is 0 Å². The Bertz CT molecular complexity index is 537. The van der Waals surface area contributed by atoms with Gasteiger partial charge in [-0.25, -0.2) is 0 Å². The number of hydrogen-bond donors (Lipinski definition) is 2. The van der Waals surface area contributed by atoms with E-state index in [-0.39, 0.29) is 18.6 Å². The van der Waals surface area contributed by atoms with Crippen LogP contribution in [0.25, 0.3) is 0 Å². The van der Waals surface area contributed by atoms with Crippen molar-refractivity contribution < 1.29 is 9.90 Å². The average molecular weight is 326 g/mol. The first kappa shape index (κ1) is 17.9. The molecule has 2 N–H and O–H groups in total. The maximum atomic E-state index is 12.1. The molecule has 0 heterocycles. The van der Waals surface area contributed by atoms with Crippen molar-refractivity contribution in [3.63, 3.8) is 0 Å². The van der Waals surface area contributed by atoms with Crippen LogP contribution in [0.2, 0.25) is 5.02 Å². The average Bonchev–Trinajstić information content (AvgIpc) is 2.46. The molecular weight excluding hydrogens is 306 g/mol. The quantitative estimate of drug-likeness (QED) is 0.791. The zero-order valence-electron chi connectivity index (χ0n) is 12.3. The van der Waals surface area contributed by atoms with E-state index in [1.807, 2.05) is 13.2 Å². The summed E-state index contributed by atoms with van der Waals surface area (Å²) in [5.74, 6) is 6.57. The van der Waals surface area contributed by atoms with Gasteiger partial charge in [-0.2, -0.15) is 11.8 Å². The van der Waals surface area contributed by atoms with Gasteiger partial charge in [-0.3, -0.25) is 4.79 Å². The summed E-state index contributed by atoms with van der Waals surface area (Å²) in [6.45, 7) is 2.02. The highest BCUT2D eigenvalue weighted by molar-refractivity contribution is 7.98. The van der Waals surface area contributed by atoms with Gasteiger partial charge in [-0.1, -0.05) is 23.4 Å². The van der Waals surface area contributed by atoms with E-state index in [9.17, 15) is 4.79 Å². The van der Waals surface area contributed by atoms with Crippen LogP contribution in [0.15, 0.2) is 18.2 Å². The van der Waals surface area contributed by atoms with Crippen LogP contribution in [-0.2, 0) is 0 Å². The number of thioether (sulfide) groups is 1. The molecular formula is C16H20ClNO2S. The molecule has 0 spiro atoms. The normalized spacial score (nSPS) is 11.4. The van der Waals surface area contributed by atoms with E-state index in [2.05, 4.69) is 17.2 Å². The fourth-order valence-electron chi connectivity index (χ4n) is 1.65. The van der Waals surface area contributed by atoms with Crippen LogP contribution in [0.1, 0.15) is 35.7 Å². The predicted octanol–water partition coefficient (Wildman–Crippen LogP) is 2.95. The Morgan fingerprint density at radius 3 is 2.90 bits per heavy atom. The van der Waals surface area contributed by atoms with Crippen LogP contribution in [0.3, 0.4) is 0 Å². The Kier molecular flexibility index (Phi) is 8.29. The van der Waals surface area contributed by atoms with Crippen LogP contribution >= 0.6 is 23.4 Å². The van der Waals surface area contributed by atoms with E-state index in [1.54, 1.807) is 30.0 Å². The maximum Gasteiger partial charge on any atom is 0.251 e. The molecule has 0 radical (unpaired) electrons. The van der Waals surface area contributed by atoms with Crippen LogP contribution in [0.5, 0.6) is 0 Å². The van der Waals surface area contributed by atoms with Gasteiger partial charge in [0.25, 0.3) is 5.91 Å². The van der Waals surface area contributed by atoms with E-state index >= 15 is 0 Å². The lowest BCUT2D eigenvalue weighted by molar-refractivity contribution is 0.0939. The summed E-state index contributed by atoms with van der Waals surface area (Å²) in [6.07, 6.45) is 3.39. The van der Waals surface area contributed by atoms with Gasteiger partial charge in [-0.15, -0.1) is 0 Å².